The number of rotatable bonds is 1. The molecule has 4 heteroatoms. The zero-order valence-corrected chi connectivity index (χ0v) is 5.56. The molecule has 0 aliphatic carbocycles. The summed E-state index contributed by atoms with van der Waals surface area (Å²) in [7, 11) is 0. The lowest BCUT2D eigenvalue weighted by atomic mass is 10.1. The third-order valence-electron chi connectivity index (χ3n) is 1.46. The van der Waals surface area contributed by atoms with Crippen LogP contribution in [0.1, 0.15) is 0 Å². The summed E-state index contributed by atoms with van der Waals surface area (Å²) in [4.78, 5) is 10.3. The number of carbonyl (C=O) groups is 1. The van der Waals surface area contributed by atoms with Crippen LogP contribution in [0.25, 0.3) is 0 Å². The largest absolute Gasteiger partial charge is 0.481 e. The Morgan fingerprint density at radius 3 is 2.56 bits per heavy atom. The SMILES string of the molecule is O=C(O)[C@@H]1CNC[C@H]1Cl. The van der Waals surface area contributed by atoms with Crippen molar-refractivity contribution < 1.29 is 9.90 Å². The number of hydrogen-bond acceptors (Lipinski definition) is 2. The van der Waals surface area contributed by atoms with Crippen molar-refractivity contribution in [3.05, 3.63) is 0 Å². The highest BCUT2D eigenvalue weighted by molar-refractivity contribution is 6.22. The van der Waals surface area contributed by atoms with Crippen LogP contribution in [0.2, 0.25) is 0 Å². The van der Waals surface area contributed by atoms with Crippen LogP contribution in [0.3, 0.4) is 0 Å². The number of carboxylic acid groups (broad SMARTS) is 1. The average molecular weight is 150 g/mol. The van der Waals surface area contributed by atoms with E-state index in [4.69, 9.17) is 16.7 Å². The van der Waals surface area contributed by atoms with E-state index < -0.39 is 11.9 Å². The van der Waals surface area contributed by atoms with Gasteiger partial charge in [-0.1, -0.05) is 0 Å². The summed E-state index contributed by atoms with van der Waals surface area (Å²) in [6.07, 6.45) is 0. The van der Waals surface area contributed by atoms with Gasteiger partial charge in [0.15, 0.2) is 0 Å². The van der Waals surface area contributed by atoms with Gasteiger partial charge in [-0.15, -0.1) is 11.6 Å². The van der Waals surface area contributed by atoms with Gasteiger partial charge in [0.1, 0.15) is 0 Å². The maximum atomic E-state index is 10.3. The highest BCUT2D eigenvalue weighted by Gasteiger charge is 2.30. The summed E-state index contributed by atoms with van der Waals surface area (Å²) in [5, 5.41) is 11.1. The van der Waals surface area contributed by atoms with Crippen LogP contribution in [0.15, 0.2) is 0 Å². The third kappa shape index (κ3) is 1.34. The normalized spacial score (nSPS) is 34.8. The Morgan fingerprint density at radius 2 is 2.33 bits per heavy atom. The summed E-state index contributed by atoms with van der Waals surface area (Å²) in [5.74, 6) is -1.20. The van der Waals surface area contributed by atoms with Crippen LogP contribution in [0.4, 0.5) is 0 Å². The quantitative estimate of drug-likeness (QED) is 0.512. The maximum absolute atomic E-state index is 10.3. The lowest BCUT2D eigenvalue weighted by Crippen LogP contribution is -2.22. The molecule has 2 atom stereocenters. The minimum atomic E-state index is -0.806. The smallest absolute Gasteiger partial charge is 0.309 e. The predicted octanol–water partition coefficient (Wildman–Crippen LogP) is -0.102. The van der Waals surface area contributed by atoms with Gasteiger partial charge in [-0.25, -0.2) is 0 Å². The summed E-state index contributed by atoms with van der Waals surface area (Å²) in [5.41, 5.74) is 0. The van der Waals surface area contributed by atoms with Crippen LogP contribution in [0, 0.1) is 5.92 Å². The second-order valence-corrected chi connectivity index (χ2v) is 2.68. The lowest BCUT2D eigenvalue weighted by Gasteiger charge is -2.03. The summed E-state index contributed by atoms with van der Waals surface area (Å²) < 4.78 is 0. The van der Waals surface area contributed by atoms with E-state index in [1.54, 1.807) is 0 Å². The van der Waals surface area contributed by atoms with Crippen LogP contribution in [-0.4, -0.2) is 29.5 Å². The van der Waals surface area contributed by atoms with Crippen LogP contribution >= 0.6 is 11.6 Å². The van der Waals surface area contributed by atoms with E-state index >= 15 is 0 Å². The van der Waals surface area contributed by atoms with Gasteiger partial charge in [-0.05, 0) is 0 Å². The maximum Gasteiger partial charge on any atom is 0.309 e. The van der Waals surface area contributed by atoms with Crippen molar-refractivity contribution in [3.63, 3.8) is 0 Å². The molecule has 0 aromatic heterocycles. The number of alkyl halides is 1. The molecule has 0 saturated carbocycles. The van der Waals surface area contributed by atoms with E-state index in [0.717, 1.165) is 0 Å². The lowest BCUT2D eigenvalue weighted by molar-refractivity contribution is -0.140. The van der Waals surface area contributed by atoms with Crippen LogP contribution in [0.5, 0.6) is 0 Å². The molecule has 0 aromatic carbocycles. The number of halogens is 1. The minimum absolute atomic E-state index is 0.234. The molecule has 0 bridgehead atoms. The van der Waals surface area contributed by atoms with Crippen molar-refractivity contribution in [2.45, 2.75) is 5.38 Å². The van der Waals surface area contributed by atoms with E-state index in [2.05, 4.69) is 5.32 Å². The molecule has 52 valence electrons. The van der Waals surface area contributed by atoms with Crippen LogP contribution in [-0.2, 0) is 4.79 Å². The number of carboxylic acids is 1. The molecule has 1 fully saturated rings. The Morgan fingerprint density at radius 1 is 1.67 bits per heavy atom. The molecule has 9 heavy (non-hydrogen) atoms. The van der Waals surface area contributed by atoms with Gasteiger partial charge >= 0.3 is 5.97 Å². The van der Waals surface area contributed by atoms with Gasteiger partial charge in [-0.2, -0.15) is 0 Å². The highest BCUT2D eigenvalue weighted by atomic mass is 35.5. The van der Waals surface area contributed by atoms with E-state index in [1.165, 1.54) is 0 Å². The molecule has 0 unspecified atom stereocenters. The zero-order valence-electron chi connectivity index (χ0n) is 4.80. The van der Waals surface area contributed by atoms with Gasteiger partial charge in [-0.3, -0.25) is 4.79 Å². The second kappa shape index (κ2) is 2.54. The zero-order chi connectivity index (χ0) is 6.85. The fraction of sp³-hybridized carbons (Fsp3) is 0.800. The number of hydrogen-bond donors (Lipinski definition) is 2. The molecule has 3 nitrogen and oxygen atoms in total. The van der Waals surface area contributed by atoms with Crippen LogP contribution < -0.4 is 5.32 Å². The Bertz CT molecular complexity index is 128. The van der Waals surface area contributed by atoms with E-state index in [-0.39, 0.29) is 5.38 Å². The van der Waals surface area contributed by atoms with Crippen molar-refractivity contribution in [2.75, 3.05) is 13.1 Å². The number of nitrogens with one attached hydrogen (secondary N) is 1. The van der Waals surface area contributed by atoms with Crippen molar-refractivity contribution in [3.8, 4) is 0 Å². The average Bonchev–Trinajstić information content (AvgIpc) is 2.13. The highest BCUT2D eigenvalue weighted by Crippen LogP contribution is 2.14. The fourth-order valence-corrected chi connectivity index (χ4v) is 1.19. The first kappa shape index (κ1) is 6.83. The number of aliphatic carboxylic acids is 1. The van der Waals surface area contributed by atoms with E-state index in [1.807, 2.05) is 0 Å². The fourth-order valence-electron chi connectivity index (χ4n) is 0.889. The molecule has 0 amide bonds. The molecule has 1 rings (SSSR count). The first-order chi connectivity index (χ1) is 4.22. The molecule has 1 saturated heterocycles. The van der Waals surface area contributed by atoms with Gasteiger partial charge in [0.2, 0.25) is 0 Å². The summed E-state index contributed by atoms with van der Waals surface area (Å²) in [6, 6.07) is 0. The van der Waals surface area contributed by atoms with E-state index in [9.17, 15) is 4.79 Å². The molecule has 1 aliphatic rings. The van der Waals surface area contributed by atoms with Crippen molar-refractivity contribution in [2.24, 2.45) is 5.92 Å². The van der Waals surface area contributed by atoms with Gasteiger partial charge in [0.25, 0.3) is 0 Å². The first-order valence-electron chi connectivity index (χ1n) is 2.79. The summed E-state index contributed by atoms with van der Waals surface area (Å²) in [6.45, 7) is 1.11. The monoisotopic (exact) mass is 149 g/mol. The Balaban J connectivity index is 2.49. The Hall–Kier alpha value is -0.280. The van der Waals surface area contributed by atoms with Crippen molar-refractivity contribution >= 4 is 17.6 Å². The van der Waals surface area contributed by atoms with Crippen molar-refractivity contribution in [1.82, 2.24) is 5.32 Å². The van der Waals surface area contributed by atoms with E-state index in [0.29, 0.717) is 13.1 Å². The molecular formula is C5H8ClNO2. The molecule has 0 radical (unpaired) electrons. The topological polar surface area (TPSA) is 49.3 Å². The molecular weight excluding hydrogens is 142 g/mol. The molecule has 0 spiro atoms. The van der Waals surface area contributed by atoms with Gasteiger partial charge in [0.05, 0.1) is 11.3 Å². The predicted molar refractivity (Wildman–Crippen MR) is 33.6 cm³/mol. The molecule has 2 N–H and O–H groups in total. The summed E-state index contributed by atoms with van der Waals surface area (Å²) >= 11 is 5.63. The minimum Gasteiger partial charge on any atom is -0.481 e. The van der Waals surface area contributed by atoms with Gasteiger partial charge in [0, 0.05) is 13.1 Å². The van der Waals surface area contributed by atoms with Gasteiger partial charge < -0.3 is 10.4 Å². The standard InChI is InChI=1S/C5H8ClNO2/c6-4-2-7-1-3(4)5(8)9/h3-4,7H,1-2H2,(H,8,9)/t3-,4-/m1/s1. The molecule has 0 aromatic rings. The third-order valence-corrected chi connectivity index (χ3v) is 1.92. The molecule has 1 aliphatic heterocycles. The Kier molecular flexibility index (Phi) is 1.93. The van der Waals surface area contributed by atoms with Crippen molar-refractivity contribution in [1.29, 1.82) is 0 Å². The Labute approximate surface area is 58.0 Å². The molecule has 1 heterocycles. The first-order valence-corrected chi connectivity index (χ1v) is 3.23. The second-order valence-electron chi connectivity index (χ2n) is 2.12.